The quantitative estimate of drug-likeness (QED) is 0.805. The van der Waals surface area contributed by atoms with Crippen molar-refractivity contribution >= 4 is 22.2 Å². The number of hydrogen-bond donors (Lipinski definition) is 1. The first-order valence-corrected chi connectivity index (χ1v) is 7.93. The Hall–Kier alpha value is -1.72. The van der Waals surface area contributed by atoms with Gasteiger partial charge < -0.3 is 5.32 Å². The molecule has 2 heterocycles. The normalized spacial score (nSPS) is 13.0. The third-order valence-electron chi connectivity index (χ3n) is 3.92. The molecular formula is C16H20N4S. The molecule has 1 atom stereocenters. The van der Waals surface area contributed by atoms with E-state index < -0.39 is 0 Å². The summed E-state index contributed by atoms with van der Waals surface area (Å²) in [7, 11) is 3.98. The maximum atomic E-state index is 4.72. The largest absolute Gasteiger partial charge is 0.311 e. The van der Waals surface area contributed by atoms with Crippen LogP contribution in [0.25, 0.3) is 10.9 Å². The van der Waals surface area contributed by atoms with E-state index in [1.807, 2.05) is 18.8 Å². The van der Waals surface area contributed by atoms with E-state index in [1.54, 1.807) is 11.3 Å². The van der Waals surface area contributed by atoms with E-state index in [0.29, 0.717) is 0 Å². The Labute approximate surface area is 128 Å². The van der Waals surface area contributed by atoms with Crippen molar-refractivity contribution in [2.75, 3.05) is 7.05 Å². The number of rotatable bonds is 4. The Morgan fingerprint density at radius 3 is 2.71 bits per heavy atom. The standard InChI is InChI=1S/C16H20N4S/c1-10-11(2)21-15(18-10)9-13(17-3)16-12-7-5-6-8-14(12)20(4)19-16/h5-8,13,17H,9H2,1-4H3. The van der Waals surface area contributed by atoms with Gasteiger partial charge in [0.1, 0.15) is 0 Å². The van der Waals surface area contributed by atoms with Crippen molar-refractivity contribution in [3.8, 4) is 0 Å². The van der Waals surface area contributed by atoms with Crippen molar-refractivity contribution in [2.24, 2.45) is 7.05 Å². The molecule has 0 aliphatic carbocycles. The number of benzene rings is 1. The van der Waals surface area contributed by atoms with Crippen molar-refractivity contribution in [1.29, 1.82) is 0 Å². The van der Waals surface area contributed by atoms with Crippen molar-refractivity contribution < 1.29 is 0 Å². The average Bonchev–Trinajstić information content (AvgIpc) is 2.98. The topological polar surface area (TPSA) is 42.7 Å². The fraction of sp³-hybridized carbons (Fsp3) is 0.375. The van der Waals surface area contributed by atoms with E-state index in [-0.39, 0.29) is 6.04 Å². The van der Waals surface area contributed by atoms with Crippen molar-refractivity contribution in [2.45, 2.75) is 26.3 Å². The first-order valence-electron chi connectivity index (χ1n) is 7.12. The van der Waals surface area contributed by atoms with E-state index in [0.717, 1.165) is 17.8 Å². The molecule has 4 nitrogen and oxygen atoms in total. The monoisotopic (exact) mass is 300 g/mol. The summed E-state index contributed by atoms with van der Waals surface area (Å²) in [5.74, 6) is 0. The molecule has 0 saturated carbocycles. The number of likely N-dealkylation sites (N-methyl/N-ethyl adjacent to an activating group) is 1. The molecule has 0 aliphatic rings. The van der Waals surface area contributed by atoms with Gasteiger partial charge in [-0.1, -0.05) is 18.2 Å². The number of aryl methyl sites for hydroxylation is 3. The molecule has 21 heavy (non-hydrogen) atoms. The molecule has 0 bridgehead atoms. The van der Waals surface area contributed by atoms with Crippen LogP contribution in [0.4, 0.5) is 0 Å². The van der Waals surface area contributed by atoms with Crippen molar-refractivity contribution in [3.63, 3.8) is 0 Å². The Bertz CT molecular complexity index is 752. The molecule has 0 amide bonds. The zero-order valence-electron chi connectivity index (χ0n) is 12.8. The fourth-order valence-corrected chi connectivity index (χ4v) is 3.62. The first kappa shape index (κ1) is 14.2. The second-order valence-corrected chi connectivity index (χ2v) is 6.61. The van der Waals surface area contributed by atoms with Gasteiger partial charge in [-0.3, -0.25) is 4.68 Å². The minimum absolute atomic E-state index is 0.182. The molecule has 110 valence electrons. The van der Waals surface area contributed by atoms with Crippen LogP contribution in [0.5, 0.6) is 0 Å². The van der Waals surface area contributed by atoms with Gasteiger partial charge in [0.25, 0.3) is 0 Å². The Morgan fingerprint density at radius 2 is 2.05 bits per heavy atom. The SMILES string of the molecule is CNC(Cc1nc(C)c(C)s1)c1nn(C)c2ccccc12. The number of fused-ring (bicyclic) bond motifs is 1. The lowest BCUT2D eigenvalue weighted by Gasteiger charge is -2.12. The third-order valence-corrected chi connectivity index (χ3v) is 5.01. The highest BCUT2D eigenvalue weighted by Crippen LogP contribution is 2.27. The van der Waals surface area contributed by atoms with Crippen molar-refractivity contribution in [1.82, 2.24) is 20.1 Å². The van der Waals surface area contributed by atoms with Crippen LogP contribution in [0.2, 0.25) is 0 Å². The summed E-state index contributed by atoms with van der Waals surface area (Å²) >= 11 is 1.78. The number of nitrogens with zero attached hydrogens (tertiary/aromatic N) is 3. The van der Waals surface area contributed by atoms with Gasteiger partial charge in [-0.15, -0.1) is 11.3 Å². The lowest BCUT2D eigenvalue weighted by molar-refractivity contribution is 0.565. The molecule has 1 unspecified atom stereocenters. The highest BCUT2D eigenvalue weighted by Gasteiger charge is 2.19. The number of nitrogens with one attached hydrogen (secondary N) is 1. The van der Waals surface area contributed by atoms with Gasteiger partial charge in [-0.25, -0.2) is 4.98 Å². The van der Waals surface area contributed by atoms with Gasteiger partial charge in [-0.2, -0.15) is 5.10 Å². The Balaban J connectivity index is 1.98. The van der Waals surface area contributed by atoms with Crippen LogP contribution in [0.15, 0.2) is 24.3 Å². The maximum Gasteiger partial charge on any atom is 0.0950 e. The van der Waals surface area contributed by atoms with Crippen LogP contribution in [0.3, 0.4) is 0 Å². The number of hydrogen-bond acceptors (Lipinski definition) is 4. The molecule has 0 fully saturated rings. The summed E-state index contributed by atoms with van der Waals surface area (Å²) in [6.07, 6.45) is 0.872. The molecular weight excluding hydrogens is 280 g/mol. The van der Waals surface area contributed by atoms with Gasteiger partial charge in [-0.05, 0) is 27.0 Å². The lowest BCUT2D eigenvalue weighted by atomic mass is 10.1. The Kier molecular flexibility index (Phi) is 3.78. The maximum absolute atomic E-state index is 4.72. The molecule has 3 aromatic rings. The van der Waals surface area contributed by atoms with Crippen LogP contribution in [0.1, 0.15) is 27.3 Å². The van der Waals surface area contributed by atoms with Gasteiger partial charge >= 0.3 is 0 Å². The third kappa shape index (κ3) is 2.59. The Morgan fingerprint density at radius 1 is 1.29 bits per heavy atom. The second-order valence-electron chi connectivity index (χ2n) is 5.32. The number of para-hydroxylation sites is 1. The molecule has 1 N–H and O–H groups in total. The van der Waals surface area contributed by atoms with Gasteiger partial charge in [0.15, 0.2) is 0 Å². The predicted molar refractivity (Wildman–Crippen MR) is 87.8 cm³/mol. The van der Waals surface area contributed by atoms with Crippen LogP contribution in [0, 0.1) is 13.8 Å². The average molecular weight is 300 g/mol. The van der Waals surface area contributed by atoms with Crippen LogP contribution in [-0.4, -0.2) is 21.8 Å². The zero-order valence-corrected chi connectivity index (χ0v) is 13.7. The molecule has 3 rings (SSSR count). The summed E-state index contributed by atoms with van der Waals surface area (Å²) in [6, 6.07) is 8.55. The molecule has 2 aromatic heterocycles. The molecule has 0 saturated heterocycles. The summed E-state index contributed by atoms with van der Waals surface area (Å²) in [6.45, 7) is 4.20. The highest BCUT2D eigenvalue weighted by molar-refractivity contribution is 7.11. The van der Waals surface area contributed by atoms with Crippen LogP contribution in [-0.2, 0) is 13.5 Å². The summed E-state index contributed by atoms with van der Waals surface area (Å²) in [5.41, 5.74) is 3.40. The minimum atomic E-state index is 0.182. The summed E-state index contributed by atoms with van der Waals surface area (Å²) in [4.78, 5) is 5.95. The summed E-state index contributed by atoms with van der Waals surface area (Å²) in [5, 5.41) is 10.5. The van der Waals surface area contributed by atoms with Gasteiger partial charge in [0, 0.05) is 23.7 Å². The number of aromatic nitrogens is 3. The number of thiazole rings is 1. The lowest BCUT2D eigenvalue weighted by Crippen LogP contribution is -2.19. The van der Waals surface area contributed by atoms with Crippen LogP contribution >= 0.6 is 11.3 Å². The van der Waals surface area contributed by atoms with E-state index in [4.69, 9.17) is 5.10 Å². The van der Waals surface area contributed by atoms with Crippen LogP contribution < -0.4 is 5.32 Å². The van der Waals surface area contributed by atoms with E-state index in [2.05, 4.69) is 48.4 Å². The predicted octanol–water partition coefficient (Wildman–Crippen LogP) is 3.15. The van der Waals surface area contributed by atoms with E-state index >= 15 is 0 Å². The molecule has 0 spiro atoms. The van der Waals surface area contributed by atoms with Gasteiger partial charge in [0.05, 0.1) is 28.0 Å². The minimum Gasteiger partial charge on any atom is -0.311 e. The zero-order chi connectivity index (χ0) is 15.0. The van der Waals surface area contributed by atoms with Crippen molar-refractivity contribution in [3.05, 3.63) is 45.5 Å². The smallest absolute Gasteiger partial charge is 0.0950 e. The highest BCUT2D eigenvalue weighted by atomic mass is 32.1. The molecule has 0 aliphatic heterocycles. The van der Waals surface area contributed by atoms with E-state index in [9.17, 15) is 0 Å². The molecule has 5 heteroatoms. The first-order chi connectivity index (χ1) is 10.1. The van der Waals surface area contributed by atoms with E-state index in [1.165, 1.54) is 20.8 Å². The fourth-order valence-electron chi connectivity index (χ4n) is 2.64. The summed E-state index contributed by atoms with van der Waals surface area (Å²) < 4.78 is 1.95. The second kappa shape index (κ2) is 5.58. The molecule has 1 aromatic carbocycles. The molecule has 0 radical (unpaired) electrons. The van der Waals surface area contributed by atoms with Gasteiger partial charge in [0.2, 0.25) is 0 Å².